The van der Waals surface area contributed by atoms with Gasteiger partial charge in [0.2, 0.25) is 5.95 Å². The van der Waals surface area contributed by atoms with Crippen LogP contribution in [0.4, 0.5) is 5.95 Å². The normalized spacial score (nSPS) is 12.2. The minimum absolute atomic E-state index is 0.143. The van der Waals surface area contributed by atoms with Gasteiger partial charge in [0, 0.05) is 33.4 Å². The zero-order valence-electron chi connectivity index (χ0n) is 13.7. The highest BCUT2D eigenvalue weighted by Crippen LogP contribution is 2.14. The quantitative estimate of drug-likeness (QED) is 0.850. The monoisotopic (exact) mass is 300 g/mol. The fraction of sp³-hybridized carbons (Fsp3) is 0.412. The predicted octanol–water partition coefficient (Wildman–Crippen LogP) is 2.33. The molecule has 2 rings (SSSR count). The van der Waals surface area contributed by atoms with E-state index < -0.39 is 0 Å². The molecule has 0 aliphatic rings. The summed E-state index contributed by atoms with van der Waals surface area (Å²) in [4.78, 5) is 10.9. The lowest BCUT2D eigenvalue weighted by Gasteiger charge is -2.19. The van der Waals surface area contributed by atoms with Crippen LogP contribution in [0.25, 0.3) is 0 Å². The van der Waals surface area contributed by atoms with Crippen LogP contribution in [-0.2, 0) is 11.3 Å². The van der Waals surface area contributed by atoms with Crippen molar-refractivity contribution in [2.24, 2.45) is 0 Å². The fourth-order valence-electron chi connectivity index (χ4n) is 2.26. The number of anilines is 1. The number of ether oxygens (including phenoxy) is 1. The van der Waals surface area contributed by atoms with E-state index in [9.17, 15) is 0 Å². The zero-order chi connectivity index (χ0) is 15.9. The van der Waals surface area contributed by atoms with Gasteiger partial charge >= 0.3 is 0 Å². The molecule has 0 bridgehead atoms. The van der Waals surface area contributed by atoms with E-state index in [4.69, 9.17) is 4.74 Å². The molecule has 1 atom stereocenters. The highest BCUT2D eigenvalue weighted by Gasteiger charge is 2.11. The number of methoxy groups -OCH3 is 1. The molecule has 0 saturated carbocycles. The van der Waals surface area contributed by atoms with Crippen LogP contribution >= 0.6 is 0 Å². The van der Waals surface area contributed by atoms with Gasteiger partial charge in [-0.15, -0.1) is 0 Å². The van der Waals surface area contributed by atoms with Gasteiger partial charge < -0.3 is 15.0 Å². The van der Waals surface area contributed by atoms with E-state index in [0.717, 1.165) is 17.3 Å². The third-order valence-corrected chi connectivity index (χ3v) is 3.36. The molecule has 0 saturated heterocycles. The van der Waals surface area contributed by atoms with Gasteiger partial charge in [-0.05, 0) is 18.6 Å². The Morgan fingerprint density at radius 1 is 1.18 bits per heavy atom. The van der Waals surface area contributed by atoms with Gasteiger partial charge in [-0.25, -0.2) is 9.97 Å². The van der Waals surface area contributed by atoms with Crippen LogP contribution in [0.5, 0.6) is 0 Å². The van der Waals surface area contributed by atoms with Crippen molar-refractivity contribution in [3.8, 4) is 0 Å². The molecule has 1 N–H and O–H groups in total. The highest BCUT2D eigenvalue weighted by atomic mass is 16.5. The number of hydrogen-bond acceptors (Lipinski definition) is 5. The first-order valence-electron chi connectivity index (χ1n) is 7.39. The molecule has 0 aliphatic heterocycles. The summed E-state index contributed by atoms with van der Waals surface area (Å²) < 4.78 is 5.33. The van der Waals surface area contributed by atoms with Crippen molar-refractivity contribution in [1.29, 1.82) is 0 Å². The summed E-state index contributed by atoms with van der Waals surface area (Å²) in [6.45, 7) is 3.28. The number of rotatable bonds is 7. The number of nitrogens with one attached hydrogen (secondary N) is 1. The molecule has 118 valence electrons. The first-order valence-corrected chi connectivity index (χ1v) is 7.39. The largest absolute Gasteiger partial charge is 0.383 e. The molecular formula is C17H24N4O. The maximum absolute atomic E-state index is 5.33. The van der Waals surface area contributed by atoms with E-state index in [0.29, 0.717) is 13.2 Å². The van der Waals surface area contributed by atoms with Gasteiger partial charge in [-0.3, -0.25) is 0 Å². The molecule has 1 aromatic heterocycles. The second kappa shape index (κ2) is 7.87. The van der Waals surface area contributed by atoms with E-state index in [-0.39, 0.29) is 6.04 Å². The molecule has 22 heavy (non-hydrogen) atoms. The van der Waals surface area contributed by atoms with Crippen molar-refractivity contribution in [3.63, 3.8) is 0 Å². The topological polar surface area (TPSA) is 50.3 Å². The first kappa shape index (κ1) is 16.4. The average molecular weight is 300 g/mol. The molecule has 0 unspecified atom stereocenters. The summed E-state index contributed by atoms with van der Waals surface area (Å²) in [6, 6.07) is 12.5. The lowest BCUT2D eigenvalue weighted by molar-refractivity contribution is 0.166. The Hall–Kier alpha value is -1.98. The molecule has 0 aliphatic carbocycles. The van der Waals surface area contributed by atoms with Gasteiger partial charge in [-0.2, -0.15) is 0 Å². The van der Waals surface area contributed by atoms with Crippen molar-refractivity contribution in [2.45, 2.75) is 19.5 Å². The Balaban J connectivity index is 2.09. The number of aromatic nitrogens is 2. The van der Waals surface area contributed by atoms with Crippen LogP contribution in [0.1, 0.15) is 23.0 Å². The van der Waals surface area contributed by atoms with Crippen molar-refractivity contribution in [1.82, 2.24) is 15.3 Å². The number of hydrogen-bond donors (Lipinski definition) is 1. The third kappa shape index (κ3) is 4.51. The zero-order valence-corrected chi connectivity index (χ0v) is 13.7. The van der Waals surface area contributed by atoms with E-state index in [1.54, 1.807) is 7.11 Å². The standard InChI is InChI=1S/C17H24N4O/c1-13-10-15(20-17(19-13)21(2)3)11-18-16(12-22-4)14-8-6-5-7-9-14/h5-10,16,18H,11-12H2,1-4H3/t16-/m1/s1. The maximum Gasteiger partial charge on any atom is 0.225 e. The second-order valence-corrected chi connectivity index (χ2v) is 5.49. The minimum atomic E-state index is 0.143. The van der Waals surface area contributed by atoms with Gasteiger partial charge in [0.15, 0.2) is 0 Å². The van der Waals surface area contributed by atoms with Crippen LogP contribution in [-0.4, -0.2) is 37.8 Å². The SMILES string of the molecule is COC[C@@H](NCc1cc(C)nc(N(C)C)n1)c1ccccc1. The number of benzene rings is 1. The maximum atomic E-state index is 5.33. The van der Waals surface area contributed by atoms with Crippen LogP contribution in [0.2, 0.25) is 0 Å². The molecule has 1 heterocycles. The molecule has 5 heteroatoms. The van der Waals surface area contributed by atoms with E-state index in [1.165, 1.54) is 5.56 Å². The Bertz CT molecular complexity index is 586. The molecule has 0 fully saturated rings. The van der Waals surface area contributed by atoms with Crippen molar-refractivity contribution < 1.29 is 4.74 Å². The number of aryl methyl sites for hydroxylation is 1. The van der Waals surface area contributed by atoms with E-state index in [1.807, 2.05) is 50.2 Å². The second-order valence-electron chi connectivity index (χ2n) is 5.49. The molecule has 0 radical (unpaired) electrons. The Labute approximate surface area is 132 Å². The molecule has 0 amide bonds. The fourth-order valence-corrected chi connectivity index (χ4v) is 2.26. The van der Waals surface area contributed by atoms with Gasteiger partial charge in [-0.1, -0.05) is 30.3 Å². The molecule has 2 aromatic rings. The van der Waals surface area contributed by atoms with Crippen LogP contribution in [0.3, 0.4) is 0 Å². The highest BCUT2D eigenvalue weighted by molar-refractivity contribution is 5.30. The summed E-state index contributed by atoms with van der Waals surface area (Å²) in [6.07, 6.45) is 0. The summed E-state index contributed by atoms with van der Waals surface area (Å²) in [5.41, 5.74) is 3.16. The molecular weight excluding hydrogens is 276 g/mol. The van der Waals surface area contributed by atoms with Gasteiger partial charge in [0.25, 0.3) is 0 Å². The number of nitrogens with zero attached hydrogens (tertiary/aromatic N) is 3. The first-order chi connectivity index (χ1) is 10.6. The van der Waals surface area contributed by atoms with Crippen LogP contribution < -0.4 is 10.2 Å². The minimum Gasteiger partial charge on any atom is -0.383 e. The van der Waals surface area contributed by atoms with Crippen molar-refractivity contribution >= 4 is 5.95 Å². The average Bonchev–Trinajstić information content (AvgIpc) is 2.51. The summed E-state index contributed by atoms with van der Waals surface area (Å²) >= 11 is 0. The lowest BCUT2D eigenvalue weighted by Crippen LogP contribution is -2.26. The summed E-state index contributed by atoms with van der Waals surface area (Å²) in [5.74, 6) is 0.736. The Morgan fingerprint density at radius 3 is 2.55 bits per heavy atom. The third-order valence-electron chi connectivity index (χ3n) is 3.36. The molecule has 1 aromatic carbocycles. The van der Waals surface area contributed by atoms with E-state index in [2.05, 4.69) is 27.4 Å². The smallest absolute Gasteiger partial charge is 0.225 e. The lowest BCUT2D eigenvalue weighted by atomic mass is 10.1. The molecule has 5 nitrogen and oxygen atoms in total. The summed E-state index contributed by atoms with van der Waals surface area (Å²) in [7, 11) is 5.62. The predicted molar refractivity (Wildman–Crippen MR) is 89.0 cm³/mol. The van der Waals surface area contributed by atoms with Gasteiger partial charge in [0.05, 0.1) is 18.3 Å². The van der Waals surface area contributed by atoms with Gasteiger partial charge in [0.1, 0.15) is 0 Å². The summed E-state index contributed by atoms with van der Waals surface area (Å²) in [5, 5.41) is 3.51. The van der Waals surface area contributed by atoms with Crippen LogP contribution in [0, 0.1) is 6.92 Å². The Morgan fingerprint density at radius 2 is 1.91 bits per heavy atom. The molecule has 0 spiro atoms. The van der Waals surface area contributed by atoms with Crippen molar-refractivity contribution in [3.05, 3.63) is 53.3 Å². The van der Waals surface area contributed by atoms with Crippen LogP contribution in [0.15, 0.2) is 36.4 Å². The van der Waals surface area contributed by atoms with E-state index >= 15 is 0 Å². The Kier molecular flexibility index (Phi) is 5.86. The van der Waals surface area contributed by atoms with Crippen molar-refractivity contribution in [2.75, 3.05) is 32.7 Å².